The average molecular weight is 364 g/mol. The van der Waals surface area contributed by atoms with Crippen LogP contribution in [0.1, 0.15) is 45.1 Å². The highest BCUT2D eigenvalue weighted by Crippen LogP contribution is 2.40. The molecule has 1 heterocycles. The number of hydrogen-bond acceptors (Lipinski definition) is 4. The molecule has 0 bridgehead atoms. The SMILES string of the molecule is CC1CN(CCCCC#N)CCC1(C)c1cccc(NS(C)(=O)=O)c1. The number of unbranched alkanes of at least 4 members (excludes halogenated alkanes) is 2. The summed E-state index contributed by atoms with van der Waals surface area (Å²) in [4.78, 5) is 2.49. The summed E-state index contributed by atoms with van der Waals surface area (Å²) in [6.45, 7) is 7.68. The van der Waals surface area contributed by atoms with Crippen molar-refractivity contribution in [3.8, 4) is 6.07 Å². The van der Waals surface area contributed by atoms with E-state index < -0.39 is 10.0 Å². The van der Waals surface area contributed by atoms with Gasteiger partial charge in [0.05, 0.1) is 12.3 Å². The Kier molecular flexibility index (Phi) is 6.47. The van der Waals surface area contributed by atoms with E-state index in [-0.39, 0.29) is 5.41 Å². The van der Waals surface area contributed by atoms with Crippen LogP contribution in [0.15, 0.2) is 24.3 Å². The normalized spacial score (nSPS) is 24.6. The first-order valence-electron chi connectivity index (χ1n) is 8.92. The van der Waals surface area contributed by atoms with Gasteiger partial charge in [-0.1, -0.05) is 26.0 Å². The number of nitriles is 1. The predicted octanol–water partition coefficient (Wildman–Crippen LogP) is 3.35. The largest absolute Gasteiger partial charge is 0.303 e. The van der Waals surface area contributed by atoms with Gasteiger partial charge in [0, 0.05) is 18.7 Å². The molecule has 0 aromatic heterocycles. The molecule has 0 amide bonds. The molecule has 1 aliphatic heterocycles. The monoisotopic (exact) mass is 363 g/mol. The smallest absolute Gasteiger partial charge is 0.229 e. The van der Waals surface area contributed by atoms with Crippen molar-refractivity contribution in [2.75, 3.05) is 30.6 Å². The number of hydrogen-bond donors (Lipinski definition) is 1. The third kappa shape index (κ3) is 5.45. The van der Waals surface area contributed by atoms with Crippen molar-refractivity contribution in [1.29, 1.82) is 5.26 Å². The molecule has 25 heavy (non-hydrogen) atoms. The molecule has 5 nitrogen and oxygen atoms in total. The first-order chi connectivity index (χ1) is 11.7. The van der Waals surface area contributed by atoms with Crippen LogP contribution in [0.25, 0.3) is 0 Å². The quantitative estimate of drug-likeness (QED) is 0.754. The van der Waals surface area contributed by atoms with E-state index in [0.717, 1.165) is 38.9 Å². The molecule has 1 fully saturated rings. The Morgan fingerprint density at radius 2 is 2.16 bits per heavy atom. The van der Waals surface area contributed by atoms with Gasteiger partial charge in [-0.05, 0) is 61.4 Å². The summed E-state index contributed by atoms with van der Waals surface area (Å²) in [5, 5.41) is 8.63. The fraction of sp³-hybridized carbons (Fsp3) is 0.632. The number of sulfonamides is 1. The minimum absolute atomic E-state index is 0.0400. The van der Waals surface area contributed by atoms with Crippen LogP contribution in [0.2, 0.25) is 0 Å². The van der Waals surface area contributed by atoms with Gasteiger partial charge in [-0.15, -0.1) is 0 Å². The maximum Gasteiger partial charge on any atom is 0.229 e. The van der Waals surface area contributed by atoms with Gasteiger partial charge in [0.2, 0.25) is 10.0 Å². The molecule has 138 valence electrons. The van der Waals surface area contributed by atoms with Gasteiger partial charge in [-0.25, -0.2) is 8.42 Å². The second-order valence-corrected chi connectivity index (χ2v) is 9.19. The van der Waals surface area contributed by atoms with Crippen molar-refractivity contribution in [2.24, 2.45) is 5.92 Å². The number of anilines is 1. The van der Waals surface area contributed by atoms with Gasteiger partial charge in [-0.3, -0.25) is 4.72 Å². The van der Waals surface area contributed by atoms with Crippen LogP contribution in [-0.2, 0) is 15.4 Å². The molecule has 2 unspecified atom stereocenters. The van der Waals surface area contributed by atoms with Gasteiger partial charge < -0.3 is 4.90 Å². The third-order valence-electron chi connectivity index (χ3n) is 5.41. The second kappa shape index (κ2) is 8.20. The molecular weight excluding hydrogens is 334 g/mol. The molecule has 0 saturated carbocycles. The van der Waals surface area contributed by atoms with Crippen LogP contribution >= 0.6 is 0 Å². The van der Waals surface area contributed by atoms with E-state index in [1.165, 1.54) is 11.8 Å². The lowest BCUT2D eigenvalue weighted by atomic mass is 9.68. The Bertz CT molecular complexity index is 726. The molecule has 2 rings (SSSR count). The number of piperidine rings is 1. The number of likely N-dealkylation sites (tertiary alicyclic amines) is 1. The predicted molar refractivity (Wildman–Crippen MR) is 102 cm³/mol. The zero-order valence-electron chi connectivity index (χ0n) is 15.5. The number of benzene rings is 1. The van der Waals surface area contributed by atoms with Crippen molar-refractivity contribution in [2.45, 2.75) is 44.9 Å². The molecule has 1 aromatic rings. The summed E-state index contributed by atoms with van der Waals surface area (Å²) in [5.41, 5.74) is 1.86. The lowest BCUT2D eigenvalue weighted by molar-refractivity contribution is 0.110. The van der Waals surface area contributed by atoms with E-state index in [1.807, 2.05) is 12.1 Å². The molecule has 0 radical (unpaired) electrons. The molecule has 1 aliphatic rings. The molecular formula is C19H29N3O2S. The Labute approximate surface area is 152 Å². The van der Waals surface area contributed by atoms with Gasteiger partial charge in [-0.2, -0.15) is 5.26 Å². The van der Waals surface area contributed by atoms with Crippen molar-refractivity contribution in [3.05, 3.63) is 29.8 Å². The van der Waals surface area contributed by atoms with E-state index in [0.29, 0.717) is 18.0 Å². The van der Waals surface area contributed by atoms with E-state index in [1.54, 1.807) is 6.07 Å². The fourth-order valence-electron chi connectivity index (χ4n) is 3.64. The molecule has 2 atom stereocenters. The van der Waals surface area contributed by atoms with E-state index in [9.17, 15) is 8.42 Å². The number of rotatable bonds is 7. The highest BCUT2D eigenvalue weighted by molar-refractivity contribution is 7.92. The Hall–Kier alpha value is -1.58. The van der Waals surface area contributed by atoms with Crippen LogP contribution < -0.4 is 4.72 Å². The average Bonchev–Trinajstić information content (AvgIpc) is 2.53. The number of nitrogens with one attached hydrogen (secondary N) is 1. The van der Waals surface area contributed by atoms with Gasteiger partial charge in [0.1, 0.15) is 0 Å². The minimum atomic E-state index is -3.26. The Balaban J connectivity index is 2.05. The third-order valence-corrected chi connectivity index (χ3v) is 6.01. The lowest BCUT2D eigenvalue weighted by Crippen LogP contribution is -2.47. The van der Waals surface area contributed by atoms with Crippen LogP contribution in [0.4, 0.5) is 5.69 Å². The Morgan fingerprint density at radius 3 is 2.80 bits per heavy atom. The summed E-state index contributed by atoms with van der Waals surface area (Å²) in [5.74, 6) is 0.478. The first-order valence-corrected chi connectivity index (χ1v) is 10.8. The van der Waals surface area contributed by atoms with Gasteiger partial charge in [0.15, 0.2) is 0 Å². The van der Waals surface area contributed by atoms with Crippen molar-refractivity contribution >= 4 is 15.7 Å². The van der Waals surface area contributed by atoms with Crippen molar-refractivity contribution < 1.29 is 8.42 Å². The fourth-order valence-corrected chi connectivity index (χ4v) is 4.20. The van der Waals surface area contributed by atoms with Crippen LogP contribution in [0.3, 0.4) is 0 Å². The van der Waals surface area contributed by atoms with Crippen LogP contribution in [-0.4, -0.2) is 39.2 Å². The highest BCUT2D eigenvalue weighted by Gasteiger charge is 2.37. The molecule has 0 aliphatic carbocycles. The summed E-state index contributed by atoms with van der Waals surface area (Å²) >= 11 is 0. The minimum Gasteiger partial charge on any atom is -0.303 e. The maximum absolute atomic E-state index is 11.5. The highest BCUT2D eigenvalue weighted by atomic mass is 32.2. The van der Waals surface area contributed by atoms with Crippen molar-refractivity contribution in [3.63, 3.8) is 0 Å². The summed E-state index contributed by atoms with van der Waals surface area (Å²) in [6.07, 6.45) is 4.91. The molecule has 1 aromatic carbocycles. The van der Waals surface area contributed by atoms with Gasteiger partial charge in [0.25, 0.3) is 0 Å². The van der Waals surface area contributed by atoms with E-state index in [4.69, 9.17) is 5.26 Å². The van der Waals surface area contributed by atoms with Crippen LogP contribution in [0, 0.1) is 17.2 Å². The Morgan fingerprint density at radius 1 is 1.40 bits per heavy atom. The van der Waals surface area contributed by atoms with Gasteiger partial charge >= 0.3 is 0 Å². The van der Waals surface area contributed by atoms with E-state index in [2.05, 4.69) is 35.6 Å². The molecule has 1 N–H and O–H groups in total. The standard InChI is InChI=1S/C19H29N3O2S/c1-16-15-22(12-6-4-5-11-20)13-10-19(16,2)17-8-7-9-18(14-17)21-25(3,23)24/h7-9,14,16,21H,4-6,10,12-13,15H2,1-3H3. The zero-order valence-corrected chi connectivity index (χ0v) is 16.3. The molecule has 6 heteroatoms. The second-order valence-electron chi connectivity index (χ2n) is 7.44. The topological polar surface area (TPSA) is 73.2 Å². The zero-order chi connectivity index (χ0) is 18.5. The maximum atomic E-state index is 11.5. The van der Waals surface area contributed by atoms with Crippen molar-refractivity contribution in [1.82, 2.24) is 4.90 Å². The van der Waals surface area contributed by atoms with E-state index >= 15 is 0 Å². The van der Waals surface area contributed by atoms with Crippen LogP contribution in [0.5, 0.6) is 0 Å². The first kappa shape index (κ1) is 19.7. The summed E-state index contributed by atoms with van der Waals surface area (Å²) in [6, 6.07) is 10.00. The summed E-state index contributed by atoms with van der Waals surface area (Å²) in [7, 11) is -3.26. The summed E-state index contributed by atoms with van der Waals surface area (Å²) < 4.78 is 25.5. The molecule has 0 spiro atoms. The number of nitrogens with zero attached hydrogens (tertiary/aromatic N) is 2. The lowest BCUT2D eigenvalue weighted by Gasteiger charge is -2.45. The molecule has 1 saturated heterocycles.